The van der Waals surface area contributed by atoms with Crippen LogP contribution in [0.15, 0.2) is 18.2 Å². The van der Waals surface area contributed by atoms with Gasteiger partial charge in [0.15, 0.2) is 0 Å². The summed E-state index contributed by atoms with van der Waals surface area (Å²) in [5.41, 5.74) is 0.562. The molecule has 0 bridgehead atoms. The number of hydrogen-bond donors (Lipinski definition) is 3. The Hall–Kier alpha value is -1.95. The first-order chi connectivity index (χ1) is 9.88. The van der Waals surface area contributed by atoms with Gasteiger partial charge >= 0.3 is 16.3 Å². The van der Waals surface area contributed by atoms with Gasteiger partial charge in [0.1, 0.15) is 0 Å². The quantitative estimate of drug-likeness (QED) is 0.716. The summed E-state index contributed by atoms with van der Waals surface area (Å²) in [6.45, 7) is -0.0663. The van der Waals surface area contributed by atoms with Gasteiger partial charge in [0, 0.05) is 12.0 Å². The van der Waals surface area contributed by atoms with E-state index in [9.17, 15) is 13.2 Å². The molecule has 0 saturated carbocycles. The zero-order valence-electron chi connectivity index (χ0n) is 11.0. The third-order valence-corrected chi connectivity index (χ3v) is 3.34. The maximum Gasteiger partial charge on any atom is 0.422 e. The molecule has 1 rings (SSSR count). The molecule has 114 valence electrons. The van der Waals surface area contributed by atoms with Crippen LogP contribution in [0.25, 0.3) is 0 Å². The first-order valence-corrected chi connectivity index (χ1v) is 7.52. The van der Waals surface area contributed by atoms with Gasteiger partial charge in [-0.2, -0.15) is 8.42 Å². The lowest BCUT2D eigenvalue weighted by Crippen LogP contribution is -2.35. The molecule has 3 N–H and O–H groups in total. The largest absolute Gasteiger partial charge is 0.452 e. The molecule has 0 fully saturated rings. The van der Waals surface area contributed by atoms with Crippen LogP contribution in [-0.4, -0.2) is 33.3 Å². The topological polar surface area (TPSA) is 105 Å². The lowest BCUT2D eigenvalue weighted by atomic mass is 10.2. The summed E-state index contributed by atoms with van der Waals surface area (Å²) in [7, 11) is -3.12. The Kier molecular flexibility index (Phi) is 6.30. The van der Waals surface area contributed by atoms with Gasteiger partial charge in [-0.1, -0.05) is 23.4 Å². The minimum Gasteiger partial charge on any atom is -0.452 e. The Bertz CT molecular complexity index is 679. The first kappa shape index (κ1) is 17.1. The average molecular weight is 333 g/mol. The van der Waals surface area contributed by atoms with Gasteiger partial charge in [-0.3, -0.25) is 4.72 Å². The molecule has 0 spiro atoms. The van der Waals surface area contributed by atoms with E-state index in [2.05, 4.69) is 21.3 Å². The highest BCUT2D eigenvalue weighted by Crippen LogP contribution is 2.23. The predicted octanol–water partition coefficient (Wildman–Crippen LogP) is 1.09. The Labute approximate surface area is 127 Å². The number of carbonyl (C=O) groups excluding carboxylic acids is 1. The van der Waals surface area contributed by atoms with E-state index >= 15 is 0 Å². The van der Waals surface area contributed by atoms with E-state index < -0.39 is 16.3 Å². The SMILES string of the molecule is COC(=O)NS(=O)(=O)Nc1cc(C#CCCO)ccc1Cl. The number of halogens is 1. The maximum atomic E-state index is 11.6. The van der Waals surface area contributed by atoms with Crippen molar-refractivity contribution in [3.63, 3.8) is 0 Å². The van der Waals surface area contributed by atoms with Crippen molar-refractivity contribution in [2.75, 3.05) is 18.4 Å². The zero-order chi connectivity index (χ0) is 15.9. The van der Waals surface area contributed by atoms with Crippen molar-refractivity contribution < 1.29 is 23.1 Å². The molecule has 0 heterocycles. The molecule has 1 aromatic carbocycles. The highest BCUT2D eigenvalue weighted by atomic mass is 35.5. The zero-order valence-corrected chi connectivity index (χ0v) is 12.6. The number of hydrogen-bond acceptors (Lipinski definition) is 5. The van der Waals surface area contributed by atoms with E-state index in [1.165, 1.54) is 12.1 Å². The fraction of sp³-hybridized carbons (Fsp3) is 0.250. The highest BCUT2D eigenvalue weighted by molar-refractivity contribution is 7.91. The Morgan fingerprint density at radius 1 is 1.48 bits per heavy atom. The first-order valence-electron chi connectivity index (χ1n) is 5.65. The fourth-order valence-electron chi connectivity index (χ4n) is 1.22. The molecule has 21 heavy (non-hydrogen) atoms. The third kappa shape index (κ3) is 5.91. The predicted molar refractivity (Wildman–Crippen MR) is 78.1 cm³/mol. The lowest BCUT2D eigenvalue weighted by molar-refractivity contribution is 0.177. The Morgan fingerprint density at radius 2 is 2.19 bits per heavy atom. The highest BCUT2D eigenvalue weighted by Gasteiger charge is 2.16. The van der Waals surface area contributed by atoms with Crippen molar-refractivity contribution in [1.82, 2.24) is 4.72 Å². The summed E-state index contributed by atoms with van der Waals surface area (Å²) < 4.78 is 31.2. The van der Waals surface area contributed by atoms with E-state index in [0.717, 1.165) is 7.11 Å². The average Bonchev–Trinajstić information content (AvgIpc) is 2.41. The van der Waals surface area contributed by atoms with Crippen LogP contribution >= 0.6 is 11.6 Å². The molecule has 7 nitrogen and oxygen atoms in total. The minimum atomic E-state index is -4.16. The van der Waals surface area contributed by atoms with Gasteiger partial charge in [0.25, 0.3) is 0 Å². The summed E-state index contributed by atoms with van der Waals surface area (Å²) in [4.78, 5) is 10.9. The molecule has 9 heteroatoms. The summed E-state index contributed by atoms with van der Waals surface area (Å²) in [6, 6.07) is 4.46. The molecule has 0 saturated heterocycles. The van der Waals surface area contributed by atoms with Crippen LogP contribution < -0.4 is 9.44 Å². The number of aliphatic hydroxyl groups is 1. The molecular formula is C12H13ClN2O5S. The number of amides is 1. The summed E-state index contributed by atoms with van der Waals surface area (Å²) in [6.07, 6.45) is -0.828. The number of carbonyl (C=O) groups is 1. The number of aliphatic hydroxyl groups excluding tert-OH is 1. The van der Waals surface area contributed by atoms with Crippen molar-refractivity contribution in [1.29, 1.82) is 0 Å². The van der Waals surface area contributed by atoms with E-state index in [1.54, 1.807) is 10.8 Å². The number of benzene rings is 1. The molecule has 0 atom stereocenters. The minimum absolute atomic E-state index is 0.0591. The standard InChI is InChI=1S/C12H13ClN2O5S/c1-20-12(17)15-21(18,19)14-11-8-9(4-2-3-7-16)5-6-10(11)13/h5-6,8,14,16H,3,7H2,1H3,(H,15,17). The van der Waals surface area contributed by atoms with Gasteiger partial charge in [0.2, 0.25) is 0 Å². The van der Waals surface area contributed by atoms with Crippen molar-refractivity contribution in [3.8, 4) is 11.8 Å². The van der Waals surface area contributed by atoms with Crippen LogP contribution in [0.5, 0.6) is 0 Å². The second kappa shape index (κ2) is 7.73. The summed E-state index contributed by atoms with van der Waals surface area (Å²) in [5, 5.41) is 8.77. The van der Waals surface area contributed by atoms with E-state index in [-0.39, 0.29) is 17.3 Å². The lowest BCUT2D eigenvalue weighted by Gasteiger charge is -2.10. The van der Waals surface area contributed by atoms with Crippen molar-refractivity contribution in [2.45, 2.75) is 6.42 Å². The molecule has 0 aliphatic heterocycles. The normalized spacial score (nSPS) is 10.2. The van der Waals surface area contributed by atoms with Gasteiger partial charge in [0.05, 0.1) is 24.4 Å². The molecule has 0 aliphatic rings. The third-order valence-electron chi connectivity index (χ3n) is 2.08. The summed E-state index contributed by atoms with van der Waals surface area (Å²) >= 11 is 5.87. The molecule has 0 aromatic heterocycles. The van der Waals surface area contributed by atoms with Crippen LogP contribution in [0.3, 0.4) is 0 Å². The fourth-order valence-corrected chi connectivity index (χ4v) is 2.26. The van der Waals surface area contributed by atoms with E-state index in [4.69, 9.17) is 16.7 Å². The van der Waals surface area contributed by atoms with Crippen LogP contribution in [0.2, 0.25) is 5.02 Å². The summed E-state index contributed by atoms with van der Waals surface area (Å²) in [5.74, 6) is 5.43. The van der Waals surface area contributed by atoms with E-state index in [0.29, 0.717) is 12.0 Å². The van der Waals surface area contributed by atoms with Gasteiger partial charge in [-0.05, 0) is 18.2 Å². The monoisotopic (exact) mass is 332 g/mol. The van der Waals surface area contributed by atoms with Gasteiger partial charge in [-0.25, -0.2) is 9.52 Å². The van der Waals surface area contributed by atoms with E-state index in [1.807, 2.05) is 0 Å². The number of methoxy groups -OCH3 is 1. The molecule has 1 amide bonds. The number of nitrogens with one attached hydrogen (secondary N) is 2. The van der Waals surface area contributed by atoms with Crippen molar-refractivity contribution in [3.05, 3.63) is 28.8 Å². The second-order valence-corrected chi connectivity index (χ2v) is 5.49. The van der Waals surface area contributed by atoms with Crippen molar-refractivity contribution >= 4 is 33.6 Å². The Morgan fingerprint density at radius 3 is 2.81 bits per heavy atom. The number of anilines is 1. The van der Waals surface area contributed by atoms with Crippen LogP contribution in [0.1, 0.15) is 12.0 Å². The number of rotatable bonds is 4. The van der Waals surface area contributed by atoms with Crippen LogP contribution in [0, 0.1) is 11.8 Å². The van der Waals surface area contributed by atoms with Crippen LogP contribution in [-0.2, 0) is 14.9 Å². The van der Waals surface area contributed by atoms with Gasteiger partial charge < -0.3 is 9.84 Å². The smallest absolute Gasteiger partial charge is 0.422 e. The molecular weight excluding hydrogens is 320 g/mol. The van der Waals surface area contributed by atoms with Crippen LogP contribution in [0.4, 0.5) is 10.5 Å². The van der Waals surface area contributed by atoms with Crippen molar-refractivity contribution in [2.24, 2.45) is 0 Å². The van der Waals surface area contributed by atoms with Gasteiger partial charge in [-0.15, -0.1) is 0 Å². The molecule has 0 unspecified atom stereocenters. The maximum absolute atomic E-state index is 11.6. The Balaban J connectivity index is 2.95. The molecule has 1 aromatic rings. The molecule has 0 radical (unpaired) electrons. The number of ether oxygens (including phenoxy) is 1. The molecule has 0 aliphatic carbocycles. The second-order valence-electron chi connectivity index (χ2n) is 3.67.